The maximum Gasteiger partial charge on any atom is 0.220 e. The predicted molar refractivity (Wildman–Crippen MR) is 122 cm³/mol. The molecule has 32 heavy (non-hydrogen) atoms. The fourth-order valence-electron chi connectivity index (χ4n) is 4.72. The summed E-state index contributed by atoms with van der Waals surface area (Å²) in [4.78, 5) is 15.1. The Morgan fingerprint density at radius 1 is 1.06 bits per heavy atom. The zero-order valence-corrected chi connectivity index (χ0v) is 19.2. The van der Waals surface area contributed by atoms with Crippen molar-refractivity contribution in [3.05, 3.63) is 23.8 Å². The van der Waals surface area contributed by atoms with Crippen LogP contribution < -0.4 is 14.8 Å². The number of rotatable bonds is 11. The number of amides is 1. The van der Waals surface area contributed by atoms with E-state index in [1.165, 1.54) is 18.4 Å². The molecule has 0 radical (unpaired) electrons. The number of nitrogens with zero attached hydrogens (tertiary/aromatic N) is 1. The number of benzene rings is 1. The molecule has 0 aliphatic carbocycles. The van der Waals surface area contributed by atoms with Crippen LogP contribution in [0.5, 0.6) is 11.5 Å². The number of nitrogens with one attached hydrogen (secondary N) is 1. The number of carbonyl (C=O) groups is 1. The minimum atomic E-state index is 0.0987. The van der Waals surface area contributed by atoms with Gasteiger partial charge >= 0.3 is 0 Å². The molecular weight excluding hydrogens is 408 g/mol. The second-order valence-corrected chi connectivity index (χ2v) is 9.09. The third-order valence-electron chi connectivity index (χ3n) is 6.45. The molecule has 2 saturated heterocycles. The van der Waals surface area contributed by atoms with Gasteiger partial charge in [0.15, 0.2) is 11.5 Å². The van der Waals surface area contributed by atoms with Gasteiger partial charge in [0.2, 0.25) is 5.91 Å². The first kappa shape index (κ1) is 23.3. The third-order valence-corrected chi connectivity index (χ3v) is 6.45. The average molecular weight is 447 g/mol. The van der Waals surface area contributed by atoms with E-state index in [0.29, 0.717) is 25.7 Å². The Hall–Kier alpha value is -1.83. The summed E-state index contributed by atoms with van der Waals surface area (Å²) in [5.41, 5.74) is 1.17. The highest BCUT2D eigenvalue weighted by Crippen LogP contribution is 2.31. The van der Waals surface area contributed by atoms with Crippen LogP contribution in [0.4, 0.5) is 0 Å². The molecule has 1 aromatic rings. The minimum absolute atomic E-state index is 0.0987. The zero-order valence-electron chi connectivity index (χ0n) is 19.2. The van der Waals surface area contributed by atoms with Gasteiger partial charge in [-0.3, -0.25) is 4.79 Å². The second kappa shape index (κ2) is 12.4. The van der Waals surface area contributed by atoms with E-state index in [0.717, 1.165) is 83.1 Å². The summed E-state index contributed by atoms with van der Waals surface area (Å²) in [6.07, 6.45) is 7.92. The van der Waals surface area contributed by atoms with Crippen molar-refractivity contribution in [2.75, 3.05) is 52.7 Å². The maximum atomic E-state index is 12.7. The van der Waals surface area contributed by atoms with Crippen molar-refractivity contribution in [3.8, 4) is 11.5 Å². The van der Waals surface area contributed by atoms with Crippen molar-refractivity contribution in [2.45, 2.75) is 63.5 Å². The second-order valence-electron chi connectivity index (χ2n) is 9.09. The van der Waals surface area contributed by atoms with Crippen molar-refractivity contribution in [1.82, 2.24) is 10.2 Å². The van der Waals surface area contributed by atoms with Crippen LogP contribution in [0.25, 0.3) is 0 Å². The van der Waals surface area contributed by atoms with Crippen LogP contribution in [0.3, 0.4) is 0 Å². The van der Waals surface area contributed by atoms with E-state index in [2.05, 4.69) is 22.3 Å². The molecule has 0 aromatic heterocycles. The largest absolute Gasteiger partial charge is 0.486 e. The quantitative estimate of drug-likeness (QED) is 0.527. The van der Waals surface area contributed by atoms with Crippen molar-refractivity contribution < 1.29 is 23.7 Å². The van der Waals surface area contributed by atoms with Crippen LogP contribution in [0.1, 0.15) is 50.5 Å². The Bertz CT molecular complexity index is 716. The number of hydrogen-bond donors (Lipinski definition) is 1. The molecule has 0 spiro atoms. The molecule has 3 aliphatic rings. The molecule has 3 aliphatic heterocycles. The van der Waals surface area contributed by atoms with Gasteiger partial charge in [0.1, 0.15) is 13.2 Å². The number of unbranched alkanes of at least 4 members (excludes halogenated alkanes) is 1. The van der Waals surface area contributed by atoms with Gasteiger partial charge in [-0.1, -0.05) is 6.07 Å². The van der Waals surface area contributed by atoms with Crippen LogP contribution in [0.2, 0.25) is 0 Å². The third kappa shape index (κ3) is 7.36. The van der Waals surface area contributed by atoms with Gasteiger partial charge in [-0.15, -0.1) is 0 Å². The van der Waals surface area contributed by atoms with E-state index in [4.69, 9.17) is 18.9 Å². The first-order valence-electron chi connectivity index (χ1n) is 12.4. The molecule has 1 atom stereocenters. The lowest BCUT2D eigenvalue weighted by Gasteiger charge is -2.25. The average Bonchev–Trinajstić information content (AvgIpc) is 3.32. The summed E-state index contributed by atoms with van der Waals surface area (Å²) in [5, 5.41) is 3.30. The van der Waals surface area contributed by atoms with Gasteiger partial charge in [-0.2, -0.15) is 0 Å². The highest BCUT2D eigenvalue weighted by atomic mass is 16.6. The van der Waals surface area contributed by atoms with E-state index in [1.54, 1.807) is 0 Å². The van der Waals surface area contributed by atoms with E-state index >= 15 is 0 Å². The first-order chi connectivity index (χ1) is 15.8. The molecule has 0 bridgehead atoms. The fraction of sp³-hybridized carbons (Fsp3) is 0.720. The maximum absolute atomic E-state index is 12.7. The predicted octanol–water partition coefficient (Wildman–Crippen LogP) is 2.95. The summed E-state index contributed by atoms with van der Waals surface area (Å²) in [6.45, 7) is 6.65. The molecule has 1 aromatic carbocycles. The Morgan fingerprint density at radius 3 is 2.66 bits per heavy atom. The van der Waals surface area contributed by atoms with Crippen LogP contribution in [-0.2, 0) is 20.7 Å². The van der Waals surface area contributed by atoms with Gasteiger partial charge in [-0.05, 0) is 75.7 Å². The van der Waals surface area contributed by atoms with E-state index < -0.39 is 0 Å². The van der Waals surface area contributed by atoms with E-state index in [9.17, 15) is 4.79 Å². The van der Waals surface area contributed by atoms with E-state index in [-0.39, 0.29) is 11.9 Å². The van der Waals surface area contributed by atoms with Crippen molar-refractivity contribution in [1.29, 1.82) is 0 Å². The Balaban J connectivity index is 1.23. The number of carbonyl (C=O) groups excluding carboxylic acids is 1. The molecule has 3 heterocycles. The summed E-state index contributed by atoms with van der Waals surface area (Å²) in [5.74, 6) is 1.76. The molecule has 2 fully saturated rings. The molecule has 4 rings (SSSR count). The summed E-state index contributed by atoms with van der Waals surface area (Å²) in [7, 11) is 0. The van der Waals surface area contributed by atoms with Crippen LogP contribution in [0, 0.1) is 0 Å². The number of ether oxygens (including phenoxy) is 4. The first-order valence-corrected chi connectivity index (χ1v) is 12.4. The molecule has 1 N–H and O–H groups in total. The smallest absolute Gasteiger partial charge is 0.220 e. The molecule has 7 nitrogen and oxygen atoms in total. The highest BCUT2D eigenvalue weighted by Gasteiger charge is 2.21. The lowest BCUT2D eigenvalue weighted by atomic mass is 10.0. The summed E-state index contributed by atoms with van der Waals surface area (Å²) < 4.78 is 22.7. The van der Waals surface area contributed by atoms with Crippen molar-refractivity contribution in [3.63, 3.8) is 0 Å². The highest BCUT2D eigenvalue weighted by molar-refractivity contribution is 5.76. The molecule has 1 amide bonds. The Labute approximate surface area is 191 Å². The van der Waals surface area contributed by atoms with Crippen LogP contribution in [0.15, 0.2) is 18.2 Å². The van der Waals surface area contributed by atoms with Gasteiger partial charge < -0.3 is 29.2 Å². The number of hydrogen-bond acceptors (Lipinski definition) is 6. The summed E-state index contributed by atoms with van der Waals surface area (Å²) >= 11 is 0. The number of likely N-dealkylation sites (tertiary alicyclic amines) is 1. The lowest BCUT2D eigenvalue weighted by Crippen LogP contribution is -2.44. The fourth-order valence-corrected chi connectivity index (χ4v) is 4.72. The molecule has 0 unspecified atom stereocenters. The molecule has 178 valence electrons. The topological polar surface area (TPSA) is 69.3 Å². The molecule has 7 heteroatoms. The van der Waals surface area contributed by atoms with Crippen molar-refractivity contribution in [2.24, 2.45) is 0 Å². The number of fused-ring (bicyclic) bond motifs is 1. The standard InChI is InChI=1S/C25H38N2O5/c28-25(5-1-4-12-30-22-8-13-29-14-9-22)26-21(19-27-10-2-3-11-27)17-20-6-7-23-24(18-20)32-16-15-31-23/h6-7,18,21-22H,1-5,8-17,19H2,(H,26,28)/t21-/m0/s1. The Kier molecular flexibility index (Phi) is 9.06. The van der Waals surface area contributed by atoms with Crippen molar-refractivity contribution >= 4 is 5.91 Å². The summed E-state index contributed by atoms with van der Waals surface area (Å²) in [6, 6.07) is 6.23. The van der Waals surface area contributed by atoms with Crippen LogP contribution >= 0.6 is 0 Å². The van der Waals surface area contributed by atoms with E-state index in [1.807, 2.05) is 6.07 Å². The van der Waals surface area contributed by atoms with Gasteiger partial charge in [0.25, 0.3) is 0 Å². The normalized spacial score (nSPS) is 20.2. The Morgan fingerprint density at radius 2 is 1.84 bits per heavy atom. The van der Waals surface area contributed by atoms with Gasteiger partial charge in [-0.25, -0.2) is 0 Å². The lowest BCUT2D eigenvalue weighted by molar-refractivity contribution is -0.122. The minimum Gasteiger partial charge on any atom is -0.486 e. The molecular formula is C25H38N2O5. The monoisotopic (exact) mass is 446 g/mol. The van der Waals surface area contributed by atoms with Gasteiger partial charge in [0, 0.05) is 38.8 Å². The van der Waals surface area contributed by atoms with Crippen LogP contribution in [-0.4, -0.2) is 75.6 Å². The van der Waals surface area contributed by atoms with Gasteiger partial charge in [0.05, 0.1) is 6.10 Å². The zero-order chi connectivity index (χ0) is 22.0. The molecule has 0 saturated carbocycles. The SMILES string of the molecule is O=C(CCCCOC1CCOCC1)N[C@@H](Cc1ccc2c(c1)OCCO2)CN1CCCC1.